The second kappa shape index (κ2) is 7.09. The van der Waals surface area contributed by atoms with Gasteiger partial charge in [0.25, 0.3) is 0 Å². The van der Waals surface area contributed by atoms with E-state index in [-0.39, 0.29) is 24.5 Å². The highest BCUT2D eigenvalue weighted by molar-refractivity contribution is 7.18. The van der Waals surface area contributed by atoms with Crippen LogP contribution in [0.25, 0.3) is 10.2 Å². The van der Waals surface area contributed by atoms with E-state index in [1.807, 2.05) is 12.1 Å². The van der Waals surface area contributed by atoms with Gasteiger partial charge in [0, 0.05) is 12.0 Å². The topological polar surface area (TPSA) is 74.3 Å². The van der Waals surface area contributed by atoms with Gasteiger partial charge in [-0.25, -0.2) is 9.78 Å². The van der Waals surface area contributed by atoms with Gasteiger partial charge in [0.1, 0.15) is 0 Å². The van der Waals surface area contributed by atoms with Crippen molar-refractivity contribution >= 4 is 33.5 Å². The van der Waals surface area contributed by atoms with Gasteiger partial charge in [0.05, 0.1) is 21.8 Å². The molecule has 1 aliphatic carbocycles. The number of para-hydroxylation sites is 1. The third-order valence-electron chi connectivity index (χ3n) is 4.78. The first-order valence-electron chi connectivity index (χ1n) is 8.85. The van der Waals surface area contributed by atoms with Gasteiger partial charge in [-0.05, 0) is 50.9 Å². The summed E-state index contributed by atoms with van der Waals surface area (Å²) in [6.07, 6.45) is 4.03. The maximum atomic E-state index is 12.0. The molecule has 2 aromatic rings. The fourth-order valence-electron chi connectivity index (χ4n) is 3.22. The first-order chi connectivity index (χ1) is 12.2. The lowest BCUT2D eigenvalue weighted by molar-refractivity contribution is -0.121. The molecule has 2 N–H and O–H groups in total. The lowest BCUT2D eigenvalue weighted by Gasteiger charge is -2.30. The molecular weight excluding hydrogens is 336 g/mol. The van der Waals surface area contributed by atoms with E-state index in [0.717, 1.165) is 44.3 Å². The van der Waals surface area contributed by atoms with E-state index in [1.165, 1.54) is 9.71 Å². The molecule has 0 radical (unpaired) electrons. The van der Waals surface area contributed by atoms with Crippen LogP contribution in [0.5, 0.6) is 0 Å². The number of aromatic nitrogens is 1. The molecule has 2 heterocycles. The molecule has 1 saturated heterocycles. The van der Waals surface area contributed by atoms with Crippen LogP contribution in [0.1, 0.15) is 36.6 Å². The van der Waals surface area contributed by atoms with Crippen molar-refractivity contribution in [1.82, 2.24) is 20.5 Å². The van der Waals surface area contributed by atoms with Gasteiger partial charge >= 0.3 is 6.03 Å². The van der Waals surface area contributed by atoms with E-state index < -0.39 is 0 Å². The molecular formula is C18H22N4O2S. The van der Waals surface area contributed by atoms with E-state index in [2.05, 4.69) is 27.7 Å². The quantitative estimate of drug-likeness (QED) is 0.880. The second-order valence-electron chi connectivity index (χ2n) is 6.87. The van der Waals surface area contributed by atoms with E-state index in [1.54, 1.807) is 11.3 Å². The molecule has 0 spiro atoms. The van der Waals surface area contributed by atoms with Crippen molar-refractivity contribution in [3.8, 4) is 0 Å². The summed E-state index contributed by atoms with van der Waals surface area (Å²) in [6.45, 7) is 2.00. The number of fused-ring (bicyclic) bond motifs is 1. The number of thiazole rings is 1. The van der Waals surface area contributed by atoms with E-state index in [0.29, 0.717) is 5.92 Å². The first-order valence-corrected chi connectivity index (χ1v) is 9.67. The zero-order valence-electron chi connectivity index (χ0n) is 14.0. The van der Waals surface area contributed by atoms with Gasteiger partial charge in [-0.3, -0.25) is 15.0 Å². The predicted molar refractivity (Wildman–Crippen MR) is 97.7 cm³/mol. The Morgan fingerprint density at radius 2 is 1.92 bits per heavy atom. The number of imide groups is 1. The van der Waals surface area contributed by atoms with Crippen LogP contribution in [-0.4, -0.2) is 47.5 Å². The smallest absolute Gasteiger partial charge is 0.321 e. The minimum absolute atomic E-state index is 0.225. The van der Waals surface area contributed by atoms with E-state index in [9.17, 15) is 9.59 Å². The number of amides is 3. The molecule has 7 heteroatoms. The van der Waals surface area contributed by atoms with Gasteiger partial charge < -0.3 is 5.32 Å². The molecule has 25 heavy (non-hydrogen) atoms. The van der Waals surface area contributed by atoms with E-state index >= 15 is 0 Å². The maximum absolute atomic E-state index is 12.0. The lowest BCUT2D eigenvalue weighted by Crippen LogP contribution is -2.46. The Kier molecular flexibility index (Phi) is 4.67. The molecule has 0 atom stereocenters. The van der Waals surface area contributed by atoms with Crippen molar-refractivity contribution in [2.45, 2.75) is 37.6 Å². The van der Waals surface area contributed by atoms with Crippen molar-refractivity contribution in [3.63, 3.8) is 0 Å². The molecule has 2 fully saturated rings. The molecule has 1 aromatic heterocycles. The summed E-state index contributed by atoms with van der Waals surface area (Å²) in [5, 5.41) is 6.39. The Morgan fingerprint density at radius 3 is 2.64 bits per heavy atom. The van der Waals surface area contributed by atoms with Crippen molar-refractivity contribution in [2.75, 3.05) is 19.6 Å². The van der Waals surface area contributed by atoms with Crippen LogP contribution >= 0.6 is 11.3 Å². The number of hydrogen-bond acceptors (Lipinski definition) is 5. The van der Waals surface area contributed by atoms with Crippen molar-refractivity contribution in [1.29, 1.82) is 0 Å². The average Bonchev–Trinajstić information content (AvgIpc) is 3.30. The molecule has 0 unspecified atom stereocenters. The number of urea groups is 1. The number of nitrogens with zero attached hydrogens (tertiary/aromatic N) is 2. The number of nitrogens with one attached hydrogen (secondary N) is 2. The standard InChI is InChI=1S/C18H22N4O2S/c23-16(21-18(24)19-13-5-6-13)11-22-9-7-12(8-10-22)17-20-14-3-1-2-4-15(14)25-17/h1-4,12-13H,5-11H2,(H2,19,21,23,24). The summed E-state index contributed by atoms with van der Waals surface area (Å²) in [6, 6.07) is 8.13. The molecule has 132 valence electrons. The number of likely N-dealkylation sites (tertiary alicyclic amines) is 1. The third kappa shape index (κ3) is 4.16. The number of hydrogen-bond donors (Lipinski definition) is 2. The number of carbonyl (C=O) groups excluding carboxylic acids is 2. The third-order valence-corrected chi connectivity index (χ3v) is 5.98. The van der Waals surface area contributed by atoms with Gasteiger partial charge in [-0.2, -0.15) is 0 Å². The highest BCUT2D eigenvalue weighted by Gasteiger charge is 2.26. The average molecular weight is 358 g/mol. The van der Waals surface area contributed by atoms with Crippen LogP contribution in [-0.2, 0) is 4.79 Å². The van der Waals surface area contributed by atoms with Crippen molar-refractivity contribution in [3.05, 3.63) is 29.3 Å². The number of piperidine rings is 1. The molecule has 1 aromatic carbocycles. The van der Waals surface area contributed by atoms with Crippen LogP contribution in [0.4, 0.5) is 4.79 Å². The highest BCUT2D eigenvalue weighted by Crippen LogP contribution is 2.33. The number of rotatable bonds is 4. The molecule has 3 amide bonds. The Labute approximate surface area is 150 Å². The summed E-state index contributed by atoms with van der Waals surface area (Å²) in [5.74, 6) is 0.242. The monoisotopic (exact) mass is 358 g/mol. The summed E-state index contributed by atoms with van der Waals surface area (Å²) in [7, 11) is 0. The van der Waals surface area contributed by atoms with E-state index in [4.69, 9.17) is 4.98 Å². The normalized spacial score (nSPS) is 19.0. The maximum Gasteiger partial charge on any atom is 0.321 e. The molecule has 1 saturated carbocycles. The minimum Gasteiger partial charge on any atom is -0.335 e. The minimum atomic E-state index is -0.364. The van der Waals surface area contributed by atoms with Crippen LogP contribution in [0.15, 0.2) is 24.3 Å². The summed E-state index contributed by atoms with van der Waals surface area (Å²) in [4.78, 5) is 30.4. The molecule has 0 bridgehead atoms. The summed E-state index contributed by atoms with van der Waals surface area (Å²) >= 11 is 1.78. The fraction of sp³-hybridized carbons (Fsp3) is 0.500. The Hall–Kier alpha value is -1.99. The van der Waals surface area contributed by atoms with Crippen LogP contribution < -0.4 is 10.6 Å². The van der Waals surface area contributed by atoms with Crippen LogP contribution in [0, 0.1) is 0 Å². The second-order valence-corrected chi connectivity index (χ2v) is 7.93. The molecule has 4 rings (SSSR count). The first kappa shape index (κ1) is 16.5. The predicted octanol–water partition coefficient (Wildman–Crippen LogP) is 2.46. The van der Waals surface area contributed by atoms with Crippen LogP contribution in [0.3, 0.4) is 0 Å². The number of benzene rings is 1. The van der Waals surface area contributed by atoms with Gasteiger partial charge in [0.2, 0.25) is 5.91 Å². The van der Waals surface area contributed by atoms with Gasteiger partial charge in [-0.15, -0.1) is 11.3 Å². The molecule has 2 aliphatic rings. The van der Waals surface area contributed by atoms with Gasteiger partial charge in [0.15, 0.2) is 0 Å². The Bertz CT molecular complexity index is 745. The van der Waals surface area contributed by atoms with Crippen molar-refractivity contribution < 1.29 is 9.59 Å². The Morgan fingerprint density at radius 1 is 1.16 bits per heavy atom. The number of carbonyl (C=O) groups is 2. The molecule has 1 aliphatic heterocycles. The van der Waals surface area contributed by atoms with Gasteiger partial charge in [-0.1, -0.05) is 12.1 Å². The Balaban J connectivity index is 1.26. The fourth-order valence-corrected chi connectivity index (χ4v) is 4.36. The van der Waals surface area contributed by atoms with Crippen LogP contribution in [0.2, 0.25) is 0 Å². The largest absolute Gasteiger partial charge is 0.335 e. The lowest BCUT2D eigenvalue weighted by atomic mass is 9.97. The SMILES string of the molecule is O=C(CN1CCC(c2nc3ccccc3s2)CC1)NC(=O)NC1CC1. The zero-order chi connectivity index (χ0) is 17.2. The molecule has 6 nitrogen and oxygen atoms in total. The van der Waals surface area contributed by atoms with Crippen molar-refractivity contribution in [2.24, 2.45) is 0 Å². The summed E-state index contributed by atoms with van der Waals surface area (Å²) < 4.78 is 1.24. The zero-order valence-corrected chi connectivity index (χ0v) is 14.8. The summed E-state index contributed by atoms with van der Waals surface area (Å²) in [5.41, 5.74) is 1.07. The highest BCUT2D eigenvalue weighted by atomic mass is 32.1.